The van der Waals surface area contributed by atoms with Gasteiger partial charge in [-0.3, -0.25) is 19.2 Å². The van der Waals surface area contributed by atoms with Crippen LogP contribution in [-0.4, -0.2) is 294 Å². The summed E-state index contributed by atoms with van der Waals surface area (Å²) in [5, 5.41) is 182. The van der Waals surface area contributed by atoms with Gasteiger partial charge in [0.15, 0.2) is 23.8 Å². The summed E-state index contributed by atoms with van der Waals surface area (Å²) in [5.41, 5.74) is -7.01. The molecule has 428 valence electrons. The predicted molar refractivity (Wildman–Crippen MR) is 206 cm³/mol. The van der Waals surface area contributed by atoms with E-state index in [1.165, 1.54) is 0 Å². The molecule has 0 aromatic carbocycles. The predicted octanol–water partition coefficient (Wildman–Crippen LogP) is -12.3. The molecule has 74 heavy (non-hydrogen) atoms. The molecule has 4 rings (SSSR count). The first-order valence-electron chi connectivity index (χ1n) is 20.9. The van der Waals surface area contributed by atoms with Crippen LogP contribution < -0.4 is 0 Å². The minimum absolute atomic E-state index is 0. The van der Waals surface area contributed by atoms with Crippen LogP contribution in [0.3, 0.4) is 0 Å². The molecule has 2 unspecified atom stereocenters. The molecule has 20 atom stereocenters. The Kier molecular flexibility index (Phi) is 24.6. The Morgan fingerprint density at radius 1 is 0.446 bits per heavy atom. The maximum atomic E-state index is 12.6. The van der Waals surface area contributed by atoms with E-state index in [1.807, 2.05) is 0 Å². The number of aliphatic carboxylic acids is 2. The monoisotopic (exact) mass is 1170 g/mol. The molecule has 4 fully saturated rings. The summed E-state index contributed by atoms with van der Waals surface area (Å²) >= 11 is 0. The fraction of sp³-hybridized carbons (Fsp3) is 0.811. The number of carbonyl (C=O) groups is 7. The summed E-state index contributed by atoms with van der Waals surface area (Å²) in [6, 6.07) is 0. The molecular weight excluding hydrogens is 1120 g/mol. The first-order chi connectivity index (χ1) is 33.5. The molecule has 0 bridgehead atoms. The van der Waals surface area contributed by atoms with E-state index in [0.717, 1.165) is 0 Å². The van der Waals surface area contributed by atoms with Gasteiger partial charge in [0, 0.05) is 34.1 Å². The van der Waals surface area contributed by atoms with E-state index in [-0.39, 0.29) is 34.1 Å². The first kappa shape index (κ1) is 66.8. The summed E-state index contributed by atoms with van der Waals surface area (Å²) in [6.45, 7) is -6.61. The fourth-order valence-electron chi connectivity index (χ4n) is 7.35. The minimum Gasteiger partial charge on any atom is -0.479 e. The van der Waals surface area contributed by atoms with E-state index in [1.54, 1.807) is 0 Å². The van der Waals surface area contributed by atoms with Crippen molar-refractivity contribution in [1.82, 2.24) is 0 Å². The fourth-order valence-corrected chi connectivity index (χ4v) is 7.35. The van der Waals surface area contributed by atoms with Crippen LogP contribution in [0.1, 0.15) is 25.7 Å². The average Bonchev–Trinajstić information content (AvgIpc) is 3.70. The molecule has 4 aliphatic heterocycles. The zero-order valence-electron chi connectivity index (χ0n) is 37.5. The molecule has 4 aliphatic rings. The van der Waals surface area contributed by atoms with Crippen LogP contribution in [0, 0.1) is 0 Å². The molecule has 37 heteroatoms. The van der Waals surface area contributed by atoms with Gasteiger partial charge in [0.05, 0.1) is 38.9 Å². The van der Waals surface area contributed by atoms with Gasteiger partial charge in [-0.2, -0.15) is 0 Å². The maximum absolute atomic E-state index is 12.6. The van der Waals surface area contributed by atoms with Gasteiger partial charge in [0.25, 0.3) is 0 Å². The van der Waals surface area contributed by atoms with Gasteiger partial charge in [-0.15, -0.1) is 0 Å². The van der Waals surface area contributed by atoms with Crippen LogP contribution in [0.15, 0.2) is 0 Å². The molecule has 4 heterocycles. The van der Waals surface area contributed by atoms with E-state index in [2.05, 4.69) is 9.47 Å². The van der Waals surface area contributed by atoms with E-state index >= 15 is 0 Å². The number of carbonyl (C=O) groups excluding carboxylic acids is 5. The van der Waals surface area contributed by atoms with E-state index in [4.69, 9.17) is 37.9 Å². The second-order valence-corrected chi connectivity index (χ2v) is 16.7. The van der Waals surface area contributed by atoms with Crippen molar-refractivity contribution in [2.24, 2.45) is 0 Å². The summed E-state index contributed by atoms with van der Waals surface area (Å²) in [4.78, 5) is 86.2. The van der Waals surface area contributed by atoms with Gasteiger partial charge in [0.2, 0.25) is 11.6 Å². The molecule has 0 aliphatic carbocycles. The minimum atomic E-state index is -3.50. The standard InChI is InChI=1S/C37H54O35.2Fe/c38-5-11-21(48)27(54)36(9-40,69-11)71-29-25(52)23(50)19(46)13(65-29)7-63-15(42)1-34(61,31(56)57)3-17(44)67-33(60)68-18(45)4-35(62,32(58)59)2-16(43)64-8-14-20(47)24(51)26(53)30(66-14)72-37(10-41)28(55)22(49)12(6-39)70-37;;/h11-14,19-30,38-41,46-55,61-62H,1-10H2,(H,56,57)(H,58,59);;/t11-,12-,13-,14-,19-,20-,21-,22-,23+,24+,25-,26-,27+,28+,29-,30-,34?,35?,36+,37+;;/m1../s1. The third kappa shape index (κ3) is 15.0. The third-order valence-electron chi connectivity index (χ3n) is 11.5. The number of ether oxygens (including phenoxy) is 10. The zero-order valence-corrected chi connectivity index (χ0v) is 39.7. The van der Waals surface area contributed by atoms with Gasteiger partial charge in [-0.1, -0.05) is 0 Å². The number of rotatable bonds is 22. The second kappa shape index (κ2) is 27.3. The topological polar surface area (TPSA) is 576 Å². The van der Waals surface area contributed by atoms with Crippen molar-refractivity contribution in [3.63, 3.8) is 0 Å². The molecule has 0 radical (unpaired) electrons. The maximum Gasteiger partial charge on any atom is 0.524 e. The quantitative estimate of drug-likeness (QED) is 0.0207. The van der Waals surface area contributed by atoms with Crippen molar-refractivity contribution in [2.75, 3.05) is 39.6 Å². The van der Waals surface area contributed by atoms with E-state index in [9.17, 15) is 125 Å². The molecule has 18 N–H and O–H groups in total. The Labute approximate surface area is 434 Å². The van der Waals surface area contributed by atoms with Crippen molar-refractivity contribution in [1.29, 1.82) is 0 Å². The van der Waals surface area contributed by atoms with Crippen LogP contribution in [0.2, 0.25) is 0 Å². The Bertz CT molecular complexity index is 1820. The van der Waals surface area contributed by atoms with Gasteiger partial charge in [-0.25, -0.2) is 14.4 Å². The summed E-state index contributed by atoms with van der Waals surface area (Å²) in [6.07, 6.45) is -41.4. The van der Waals surface area contributed by atoms with Crippen molar-refractivity contribution in [2.45, 2.75) is 146 Å². The first-order valence-corrected chi connectivity index (χ1v) is 20.9. The van der Waals surface area contributed by atoms with Crippen LogP contribution in [0.4, 0.5) is 4.79 Å². The number of carboxylic acids is 2. The van der Waals surface area contributed by atoms with Gasteiger partial charge in [0.1, 0.15) is 112 Å². The number of aliphatic hydroxyl groups is 16. The van der Waals surface area contributed by atoms with Crippen molar-refractivity contribution in [3.8, 4) is 0 Å². The second-order valence-electron chi connectivity index (χ2n) is 16.7. The van der Waals surface area contributed by atoms with Gasteiger partial charge in [-0.05, 0) is 0 Å². The molecule has 0 spiro atoms. The molecular formula is C37H54Fe2O35. The molecule has 0 amide bonds. The van der Waals surface area contributed by atoms with Crippen LogP contribution in [-0.2, 0) is 110 Å². The van der Waals surface area contributed by atoms with Crippen molar-refractivity contribution >= 4 is 42.0 Å². The van der Waals surface area contributed by atoms with Crippen LogP contribution in [0.25, 0.3) is 0 Å². The summed E-state index contributed by atoms with van der Waals surface area (Å²) < 4.78 is 49.1. The summed E-state index contributed by atoms with van der Waals surface area (Å²) in [5.74, 6) is -17.4. The normalized spacial score (nSPS) is 37.4. The van der Waals surface area contributed by atoms with Crippen LogP contribution in [0.5, 0.6) is 0 Å². The SMILES string of the molecule is O=C(CC(O)(CC(=O)OC(=O)OC(=O)CC(O)(CC(=O)OC[C@H]1O[C@H](O[C@]2(CO)O[C@H](CO)[C@@H](O)[C@@H]2O)[C@H](O)[C@@H](O)[C@@H]1O)C(=O)O)C(=O)O)OC[C@H]1O[C@H](O[C@]2(CO)O[C@H](CO)[C@@H](O)[C@@H]2O)[C@H](O)[C@@H](O)[C@@H]1O.[Fe].[Fe]. The molecule has 35 nitrogen and oxygen atoms in total. The Hall–Kier alpha value is -3.35. The smallest absolute Gasteiger partial charge is 0.479 e. The number of aliphatic hydroxyl groups excluding tert-OH is 14. The summed E-state index contributed by atoms with van der Waals surface area (Å²) in [7, 11) is 0. The molecule has 4 saturated heterocycles. The number of esters is 4. The number of hydrogen-bond donors (Lipinski definition) is 18. The Morgan fingerprint density at radius 3 is 1.03 bits per heavy atom. The molecule has 0 saturated carbocycles. The van der Waals surface area contributed by atoms with Crippen molar-refractivity contribution in [3.05, 3.63) is 0 Å². The van der Waals surface area contributed by atoms with Gasteiger partial charge >= 0.3 is 42.0 Å². The number of carboxylic acid groups (broad SMARTS) is 2. The van der Waals surface area contributed by atoms with E-state index < -0.39 is 228 Å². The number of hydrogen-bond acceptors (Lipinski definition) is 33. The zero-order chi connectivity index (χ0) is 54.4. The average molecular weight is 1170 g/mol. The largest absolute Gasteiger partial charge is 0.524 e. The Balaban J connectivity index is 0.00000937. The van der Waals surface area contributed by atoms with E-state index in [0.29, 0.717) is 0 Å². The molecule has 0 aromatic rings. The van der Waals surface area contributed by atoms with Gasteiger partial charge < -0.3 is 139 Å². The molecule has 0 aromatic heterocycles. The Morgan fingerprint density at radius 2 is 0.757 bits per heavy atom. The third-order valence-corrected chi connectivity index (χ3v) is 11.5. The van der Waals surface area contributed by atoms with Crippen LogP contribution >= 0.6 is 0 Å². The van der Waals surface area contributed by atoms with Crippen molar-refractivity contribution < 1.29 is 207 Å².